The zero-order chi connectivity index (χ0) is 13.5. The van der Waals surface area contributed by atoms with Crippen molar-refractivity contribution in [3.8, 4) is 0 Å². The molecule has 0 atom stereocenters. The van der Waals surface area contributed by atoms with Crippen molar-refractivity contribution >= 4 is 33.4 Å². The summed E-state index contributed by atoms with van der Waals surface area (Å²) in [6, 6.07) is 3.73. The van der Waals surface area contributed by atoms with Gasteiger partial charge in [-0.2, -0.15) is 0 Å². The third kappa shape index (κ3) is 4.44. The summed E-state index contributed by atoms with van der Waals surface area (Å²) < 4.78 is 13.2. The number of hydrogen-bond donors (Lipinski definition) is 2. The van der Waals surface area contributed by atoms with Gasteiger partial charge in [0.15, 0.2) is 0 Å². The number of amides is 2. The second kappa shape index (κ2) is 7.10. The van der Waals surface area contributed by atoms with Crippen LogP contribution in [0.25, 0.3) is 0 Å². The maximum Gasteiger partial charge on any atom is 0.251 e. The molecule has 0 saturated heterocycles. The van der Waals surface area contributed by atoms with Gasteiger partial charge in [0.1, 0.15) is 5.82 Å². The third-order valence-electron chi connectivity index (χ3n) is 2.30. The molecule has 1 rings (SSSR count). The van der Waals surface area contributed by atoms with E-state index in [0.717, 1.165) is 24.2 Å². The van der Waals surface area contributed by atoms with Crippen molar-refractivity contribution < 1.29 is 14.0 Å². The Balaban J connectivity index is 2.65. The molecule has 4 nitrogen and oxygen atoms in total. The van der Waals surface area contributed by atoms with Crippen molar-refractivity contribution in [3.05, 3.63) is 29.6 Å². The standard InChI is InChI=1S/C12H14BrFN2O2/c13-6-2-1-3-11(17)16-8-4-5-10(14)9(7-8)12(15)18/h4-5,7H,1-3,6H2,(H2,15,18)(H,16,17). The molecule has 2 amide bonds. The first-order chi connectivity index (χ1) is 8.54. The summed E-state index contributed by atoms with van der Waals surface area (Å²) >= 11 is 3.28. The molecule has 0 bridgehead atoms. The number of nitrogens with one attached hydrogen (secondary N) is 1. The maximum atomic E-state index is 13.2. The Morgan fingerprint density at radius 1 is 1.33 bits per heavy atom. The van der Waals surface area contributed by atoms with Crippen molar-refractivity contribution in [2.24, 2.45) is 5.73 Å². The zero-order valence-electron chi connectivity index (χ0n) is 9.71. The fourth-order valence-electron chi connectivity index (χ4n) is 1.40. The fraction of sp³-hybridized carbons (Fsp3) is 0.333. The van der Waals surface area contributed by atoms with Crippen LogP contribution in [0.2, 0.25) is 0 Å². The highest BCUT2D eigenvalue weighted by Crippen LogP contribution is 2.15. The number of carbonyl (C=O) groups excluding carboxylic acids is 2. The molecule has 0 radical (unpaired) electrons. The van der Waals surface area contributed by atoms with Crippen molar-refractivity contribution in [3.63, 3.8) is 0 Å². The Morgan fingerprint density at radius 3 is 2.67 bits per heavy atom. The van der Waals surface area contributed by atoms with Gasteiger partial charge in [-0.15, -0.1) is 0 Å². The second-order valence-electron chi connectivity index (χ2n) is 3.75. The minimum Gasteiger partial charge on any atom is -0.366 e. The van der Waals surface area contributed by atoms with E-state index in [1.807, 2.05) is 0 Å². The van der Waals surface area contributed by atoms with Crippen molar-refractivity contribution in [2.45, 2.75) is 19.3 Å². The Labute approximate surface area is 113 Å². The smallest absolute Gasteiger partial charge is 0.251 e. The zero-order valence-corrected chi connectivity index (χ0v) is 11.3. The molecule has 0 aromatic heterocycles. The first kappa shape index (κ1) is 14.6. The third-order valence-corrected chi connectivity index (χ3v) is 2.86. The minimum absolute atomic E-state index is 0.169. The van der Waals surface area contributed by atoms with Crippen molar-refractivity contribution in [2.75, 3.05) is 10.6 Å². The van der Waals surface area contributed by atoms with Crippen molar-refractivity contribution in [1.29, 1.82) is 0 Å². The van der Waals surface area contributed by atoms with Gasteiger partial charge in [0.2, 0.25) is 5.91 Å². The SMILES string of the molecule is NC(=O)c1cc(NC(=O)CCCCBr)ccc1F. The summed E-state index contributed by atoms with van der Waals surface area (Å²) in [5, 5.41) is 3.44. The topological polar surface area (TPSA) is 72.2 Å². The highest BCUT2D eigenvalue weighted by atomic mass is 79.9. The summed E-state index contributed by atoms with van der Waals surface area (Å²) in [6.45, 7) is 0. The minimum atomic E-state index is -0.858. The van der Waals surface area contributed by atoms with Gasteiger partial charge in [0.05, 0.1) is 5.56 Å². The molecule has 0 aliphatic rings. The summed E-state index contributed by atoms with van der Waals surface area (Å²) in [5.74, 6) is -1.72. The van der Waals surface area contributed by atoms with Gasteiger partial charge < -0.3 is 11.1 Å². The van der Waals surface area contributed by atoms with Crippen LogP contribution in [0, 0.1) is 5.82 Å². The predicted octanol–water partition coefficient (Wildman–Crippen LogP) is 2.43. The van der Waals surface area contributed by atoms with Crippen LogP contribution in [-0.2, 0) is 4.79 Å². The van der Waals surface area contributed by atoms with Crippen LogP contribution in [0.1, 0.15) is 29.6 Å². The molecule has 0 heterocycles. The summed E-state index contributed by atoms with van der Waals surface area (Å²) in [6.07, 6.45) is 2.05. The van der Waals surface area contributed by atoms with Crippen LogP contribution in [0.4, 0.5) is 10.1 Å². The van der Waals surface area contributed by atoms with Gasteiger partial charge in [-0.3, -0.25) is 9.59 Å². The number of hydrogen-bond acceptors (Lipinski definition) is 2. The molecule has 0 fully saturated rings. The average molecular weight is 317 g/mol. The largest absolute Gasteiger partial charge is 0.366 e. The molecule has 0 spiro atoms. The molecular weight excluding hydrogens is 303 g/mol. The molecule has 0 aliphatic carbocycles. The molecule has 1 aromatic rings. The number of nitrogens with two attached hydrogens (primary N) is 1. The van der Waals surface area contributed by atoms with Crippen LogP contribution in [0.3, 0.4) is 0 Å². The van der Waals surface area contributed by atoms with E-state index in [4.69, 9.17) is 5.73 Å². The van der Waals surface area contributed by atoms with Crippen molar-refractivity contribution in [1.82, 2.24) is 0 Å². The number of unbranched alkanes of at least 4 members (excludes halogenated alkanes) is 1. The van der Waals surface area contributed by atoms with Gasteiger partial charge in [0.25, 0.3) is 5.91 Å². The first-order valence-corrected chi connectivity index (χ1v) is 6.62. The van der Waals surface area contributed by atoms with Gasteiger partial charge in [-0.05, 0) is 31.0 Å². The lowest BCUT2D eigenvalue weighted by Crippen LogP contribution is -2.15. The van der Waals surface area contributed by atoms with E-state index >= 15 is 0 Å². The highest BCUT2D eigenvalue weighted by molar-refractivity contribution is 9.09. The normalized spacial score (nSPS) is 10.1. The monoisotopic (exact) mass is 316 g/mol. The second-order valence-corrected chi connectivity index (χ2v) is 4.55. The predicted molar refractivity (Wildman–Crippen MR) is 71.2 cm³/mol. The number of halogens is 2. The summed E-state index contributed by atoms with van der Waals surface area (Å²) in [5.41, 5.74) is 5.16. The molecule has 0 aliphatic heterocycles. The van der Waals surface area contributed by atoms with E-state index in [1.165, 1.54) is 12.1 Å². The van der Waals surface area contributed by atoms with Gasteiger partial charge in [0, 0.05) is 17.4 Å². The summed E-state index contributed by atoms with van der Waals surface area (Å²) in [4.78, 5) is 22.5. The van der Waals surface area contributed by atoms with E-state index < -0.39 is 11.7 Å². The van der Waals surface area contributed by atoms with Crippen LogP contribution >= 0.6 is 15.9 Å². The lowest BCUT2D eigenvalue weighted by atomic mass is 10.1. The fourth-order valence-corrected chi connectivity index (χ4v) is 1.79. The van der Waals surface area contributed by atoms with E-state index in [9.17, 15) is 14.0 Å². The highest BCUT2D eigenvalue weighted by Gasteiger charge is 2.10. The molecule has 0 unspecified atom stereocenters. The van der Waals surface area contributed by atoms with Crippen LogP contribution < -0.4 is 11.1 Å². The van der Waals surface area contributed by atoms with E-state index in [2.05, 4.69) is 21.2 Å². The summed E-state index contributed by atoms with van der Waals surface area (Å²) in [7, 11) is 0. The van der Waals surface area contributed by atoms with Gasteiger partial charge in [-0.1, -0.05) is 15.9 Å². The molecule has 98 valence electrons. The molecule has 0 saturated carbocycles. The van der Waals surface area contributed by atoms with E-state index in [0.29, 0.717) is 12.1 Å². The lowest BCUT2D eigenvalue weighted by molar-refractivity contribution is -0.116. The van der Waals surface area contributed by atoms with E-state index in [1.54, 1.807) is 0 Å². The first-order valence-electron chi connectivity index (χ1n) is 5.49. The van der Waals surface area contributed by atoms with E-state index in [-0.39, 0.29) is 11.5 Å². The molecule has 1 aromatic carbocycles. The van der Waals surface area contributed by atoms with Crippen LogP contribution in [0.15, 0.2) is 18.2 Å². The van der Waals surface area contributed by atoms with Gasteiger partial charge in [-0.25, -0.2) is 4.39 Å². The van der Waals surface area contributed by atoms with Crippen LogP contribution in [-0.4, -0.2) is 17.1 Å². The Bertz CT molecular complexity index is 452. The quantitative estimate of drug-likeness (QED) is 0.625. The molecule has 6 heteroatoms. The number of benzene rings is 1. The lowest BCUT2D eigenvalue weighted by Gasteiger charge is -2.06. The number of primary amides is 1. The average Bonchev–Trinajstić information content (AvgIpc) is 2.31. The Kier molecular flexibility index (Phi) is 5.77. The van der Waals surface area contributed by atoms with Crippen LogP contribution in [0.5, 0.6) is 0 Å². The van der Waals surface area contributed by atoms with Gasteiger partial charge >= 0.3 is 0 Å². The Morgan fingerprint density at radius 2 is 2.06 bits per heavy atom. The number of carbonyl (C=O) groups is 2. The Hall–Kier alpha value is -1.43. The molecular formula is C12H14BrFN2O2. The number of rotatable bonds is 6. The molecule has 18 heavy (non-hydrogen) atoms. The number of alkyl halides is 1. The molecule has 3 N–H and O–H groups in total. The number of anilines is 1. The maximum absolute atomic E-state index is 13.2.